The van der Waals surface area contributed by atoms with E-state index in [-0.39, 0.29) is 4.90 Å². The molecule has 0 N–H and O–H groups in total. The summed E-state index contributed by atoms with van der Waals surface area (Å²) in [5, 5.41) is 8.46. The molecule has 0 aliphatic rings. The Morgan fingerprint density at radius 2 is 2.25 bits per heavy atom. The number of nitriles is 1. The van der Waals surface area contributed by atoms with Gasteiger partial charge in [-0.2, -0.15) is 5.26 Å². The zero-order valence-corrected chi connectivity index (χ0v) is 8.42. The molecule has 0 saturated carbocycles. The van der Waals surface area contributed by atoms with Crippen LogP contribution in [0.4, 0.5) is 0 Å². The van der Waals surface area contributed by atoms with Gasteiger partial charge in [0.25, 0.3) is 9.05 Å². The minimum atomic E-state index is -3.69. The minimum Gasteiger partial charge on any atom is -0.207 e. The van der Waals surface area contributed by atoms with Crippen LogP contribution in [-0.4, -0.2) is 8.42 Å². The molecule has 0 aliphatic carbocycles. The molecule has 0 aliphatic heterocycles. The van der Waals surface area contributed by atoms with Gasteiger partial charge in [-0.05, 0) is 13.0 Å². The van der Waals surface area contributed by atoms with Gasteiger partial charge in [0.2, 0.25) is 0 Å². The van der Waals surface area contributed by atoms with Crippen molar-refractivity contribution >= 4 is 31.1 Å². The Hall–Kier alpha value is -0.570. The molecular formula is C6H4ClNO2S2. The van der Waals surface area contributed by atoms with E-state index in [1.54, 1.807) is 6.92 Å². The first-order valence-corrected chi connectivity index (χ1v) is 6.03. The van der Waals surface area contributed by atoms with Gasteiger partial charge in [-0.25, -0.2) is 8.42 Å². The molecule has 0 radical (unpaired) electrons. The Morgan fingerprint density at radius 3 is 2.50 bits per heavy atom. The molecule has 64 valence electrons. The molecule has 0 saturated heterocycles. The molecular weight excluding hydrogens is 218 g/mol. The highest BCUT2D eigenvalue weighted by molar-refractivity contribution is 8.13. The second-order valence-electron chi connectivity index (χ2n) is 2.08. The van der Waals surface area contributed by atoms with Gasteiger partial charge in [0.15, 0.2) is 0 Å². The van der Waals surface area contributed by atoms with Gasteiger partial charge >= 0.3 is 0 Å². The highest BCUT2D eigenvalue weighted by atomic mass is 35.7. The summed E-state index contributed by atoms with van der Waals surface area (Å²) in [6, 6.07) is 3.14. The van der Waals surface area contributed by atoms with Crippen LogP contribution in [0.1, 0.15) is 9.75 Å². The van der Waals surface area contributed by atoms with Crippen molar-refractivity contribution in [3.8, 4) is 6.07 Å². The third kappa shape index (κ3) is 1.78. The molecule has 1 rings (SSSR count). The fraction of sp³-hybridized carbons (Fsp3) is 0.167. The smallest absolute Gasteiger partial charge is 0.207 e. The van der Waals surface area contributed by atoms with E-state index < -0.39 is 9.05 Å². The van der Waals surface area contributed by atoms with E-state index in [2.05, 4.69) is 0 Å². The largest absolute Gasteiger partial charge is 0.262 e. The van der Waals surface area contributed by atoms with Gasteiger partial charge in [0, 0.05) is 15.6 Å². The van der Waals surface area contributed by atoms with Gasteiger partial charge in [-0.1, -0.05) is 0 Å². The molecule has 3 nitrogen and oxygen atoms in total. The first-order valence-electron chi connectivity index (χ1n) is 2.90. The van der Waals surface area contributed by atoms with Crippen LogP contribution in [0.2, 0.25) is 0 Å². The molecule has 0 bridgehead atoms. The van der Waals surface area contributed by atoms with E-state index in [1.165, 1.54) is 6.07 Å². The number of aryl methyl sites for hydroxylation is 1. The van der Waals surface area contributed by atoms with Crippen molar-refractivity contribution in [3.63, 3.8) is 0 Å². The topological polar surface area (TPSA) is 57.9 Å². The van der Waals surface area contributed by atoms with Crippen LogP contribution < -0.4 is 0 Å². The maximum atomic E-state index is 10.8. The van der Waals surface area contributed by atoms with Crippen LogP contribution in [0.3, 0.4) is 0 Å². The van der Waals surface area contributed by atoms with Crippen LogP contribution >= 0.6 is 22.0 Å². The van der Waals surface area contributed by atoms with Gasteiger partial charge in [0.1, 0.15) is 10.9 Å². The number of halogens is 1. The lowest BCUT2D eigenvalue weighted by Crippen LogP contribution is -1.88. The fourth-order valence-electron chi connectivity index (χ4n) is 0.763. The second-order valence-corrected chi connectivity index (χ2v) is 5.87. The lowest BCUT2D eigenvalue weighted by molar-refractivity contribution is 0.609. The maximum absolute atomic E-state index is 10.8. The van der Waals surface area contributed by atoms with Crippen molar-refractivity contribution < 1.29 is 8.42 Å². The monoisotopic (exact) mass is 221 g/mol. The number of hydrogen-bond donors (Lipinski definition) is 0. The molecule has 6 heteroatoms. The Bertz CT molecular complexity index is 441. The van der Waals surface area contributed by atoms with Crippen LogP contribution in [0.25, 0.3) is 0 Å². The standard InChI is InChI=1S/C6H4ClNO2S2/c1-4-6(12(7,9)10)2-5(3-8)11-4/h2H,1H3. The van der Waals surface area contributed by atoms with Crippen LogP contribution in [0, 0.1) is 18.3 Å². The predicted octanol–water partition coefficient (Wildman–Crippen LogP) is 1.86. The Morgan fingerprint density at radius 1 is 1.67 bits per heavy atom. The molecule has 0 atom stereocenters. The van der Waals surface area contributed by atoms with E-state index in [0.29, 0.717) is 9.75 Å². The number of hydrogen-bond acceptors (Lipinski definition) is 4. The summed E-state index contributed by atoms with van der Waals surface area (Å²) in [7, 11) is 1.41. The van der Waals surface area contributed by atoms with Crippen molar-refractivity contribution in [3.05, 3.63) is 15.8 Å². The van der Waals surface area contributed by atoms with Crippen molar-refractivity contribution in [1.82, 2.24) is 0 Å². The van der Waals surface area contributed by atoms with E-state index in [1.807, 2.05) is 6.07 Å². The summed E-state index contributed by atoms with van der Waals surface area (Å²) in [4.78, 5) is 0.930. The number of thiophene rings is 1. The zero-order chi connectivity index (χ0) is 9.35. The highest BCUT2D eigenvalue weighted by Crippen LogP contribution is 2.27. The molecule has 0 unspecified atom stereocenters. The highest BCUT2D eigenvalue weighted by Gasteiger charge is 2.16. The first kappa shape index (κ1) is 9.52. The average molecular weight is 222 g/mol. The van der Waals surface area contributed by atoms with Crippen molar-refractivity contribution in [2.45, 2.75) is 11.8 Å². The summed E-state index contributed by atoms with van der Waals surface area (Å²) in [6.07, 6.45) is 0. The first-order chi connectivity index (χ1) is 5.45. The van der Waals surface area contributed by atoms with Gasteiger partial charge in [-0.3, -0.25) is 0 Å². The van der Waals surface area contributed by atoms with Crippen molar-refractivity contribution in [2.75, 3.05) is 0 Å². The third-order valence-electron chi connectivity index (χ3n) is 1.25. The normalized spacial score (nSPS) is 11.1. The number of nitrogens with zero attached hydrogens (tertiary/aromatic N) is 1. The van der Waals surface area contributed by atoms with E-state index in [0.717, 1.165) is 11.3 Å². The molecule has 0 fully saturated rings. The van der Waals surface area contributed by atoms with E-state index in [4.69, 9.17) is 15.9 Å². The van der Waals surface area contributed by atoms with E-state index >= 15 is 0 Å². The minimum absolute atomic E-state index is 0.0331. The average Bonchev–Trinajstić information content (AvgIpc) is 2.29. The Kier molecular flexibility index (Phi) is 2.42. The van der Waals surface area contributed by atoms with Crippen molar-refractivity contribution in [1.29, 1.82) is 5.26 Å². The van der Waals surface area contributed by atoms with Gasteiger partial charge in [0.05, 0.1) is 4.90 Å². The summed E-state index contributed by atoms with van der Waals surface area (Å²) in [6.45, 7) is 1.61. The molecule has 1 aromatic heterocycles. The van der Waals surface area contributed by atoms with Crippen molar-refractivity contribution in [2.24, 2.45) is 0 Å². The third-order valence-corrected chi connectivity index (χ3v) is 3.78. The van der Waals surface area contributed by atoms with E-state index in [9.17, 15) is 8.42 Å². The summed E-state index contributed by atoms with van der Waals surface area (Å²) < 4.78 is 21.7. The van der Waals surface area contributed by atoms with Gasteiger partial charge < -0.3 is 0 Å². The lowest BCUT2D eigenvalue weighted by atomic mass is 10.4. The summed E-state index contributed by atoms with van der Waals surface area (Å²) in [5.74, 6) is 0. The second kappa shape index (κ2) is 3.05. The lowest BCUT2D eigenvalue weighted by Gasteiger charge is -1.89. The molecule has 0 spiro atoms. The van der Waals surface area contributed by atoms with Crippen LogP contribution in [0.5, 0.6) is 0 Å². The molecule has 0 aromatic carbocycles. The Labute approximate surface area is 78.6 Å². The maximum Gasteiger partial charge on any atom is 0.262 e. The van der Waals surface area contributed by atoms with Crippen LogP contribution in [-0.2, 0) is 9.05 Å². The quantitative estimate of drug-likeness (QED) is 0.680. The fourth-order valence-corrected chi connectivity index (χ4v) is 3.22. The van der Waals surface area contributed by atoms with Crippen LogP contribution in [0.15, 0.2) is 11.0 Å². The predicted molar refractivity (Wildman–Crippen MR) is 46.8 cm³/mol. The zero-order valence-electron chi connectivity index (χ0n) is 6.04. The summed E-state index contributed by atoms with van der Waals surface area (Å²) >= 11 is 1.12. The SMILES string of the molecule is Cc1sc(C#N)cc1S(=O)(=O)Cl. The molecule has 1 heterocycles. The van der Waals surface area contributed by atoms with Gasteiger partial charge in [-0.15, -0.1) is 11.3 Å². The molecule has 1 aromatic rings. The number of rotatable bonds is 1. The molecule has 0 amide bonds. The Balaban J connectivity index is 3.39. The summed E-state index contributed by atoms with van der Waals surface area (Å²) in [5.41, 5.74) is 0. The molecule has 12 heavy (non-hydrogen) atoms.